The maximum absolute atomic E-state index is 12.1. The zero-order valence-electron chi connectivity index (χ0n) is 12.4. The van der Waals surface area contributed by atoms with Crippen molar-refractivity contribution in [2.45, 2.75) is 19.1 Å². The van der Waals surface area contributed by atoms with Crippen LogP contribution in [-0.4, -0.2) is 73.9 Å². The van der Waals surface area contributed by atoms with E-state index in [0.29, 0.717) is 25.3 Å². The monoisotopic (exact) mass is 348 g/mol. The predicted octanol–water partition coefficient (Wildman–Crippen LogP) is 0.387. The smallest absolute Gasteiger partial charge is 0.388 e. The number of aromatic nitrogens is 2. The van der Waals surface area contributed by atoms with Gasteiger partial charge in [-0.25, -0.2) is 8.42 Å². The zero-order valence-corrected chi connectivity index (χ0v) is 13.3. The van der Waals surface area contributed by atoms with Gasteiger partial charge in [0.1, 0.15) is 0 Å². The minimum Gasteiger partial charge on any atom is -0.415 e. The van der Waals surface area contributed by atoms with Crippen LogP contribution in [0.15, 0.2) is 12.1 Å². The van der Waals surface area contributed by atoms with Gasteiger partial charge in [-0.05, 0) is 12.5 Å². The molecule has 0 spiro atoms. The van der Waals surface area contributed by atoms with Gasteiger partial charge in [0, 0.05) is 38.3 Å². The lowest BCUT2D eigenvalue weighted by atomic mass is 10.2. The molecule has 0 radical (unpaired) electrons. The van der Waals surface area contributed by atoms with Gasteiger partial charge in [-0.15, -0.1) is 10.2 Å². The minimum atomic E-state index is -2.92. The molecule has 1 aromatic heterocycles. The highest BCUT2D eigenvalue weighted by atomic mass is 32.2. The molecule has 3 heterocycles. The quantitative estimate of drug-likeness (QED) is 0.779. The standard InChI is InChI=1S/C13H18F2N4O3S/c14-13(15)22-12-2-1-11(16-17-12)19-6-4-18(5-7-19)10-3-8-23(20,21)9-10/h1-2,10,13H,3-9H2. The Bertz CT molecular complexity index is 633. The van der Waals surface area contributed by atoms with Gasteiger partial charge in [0.15, 0.2) is 15.7 Å². The van der Waals surface area contributed by atoms with Gasteiger partial charge in [0.25, 0.3) is 0 Å². The van der Waals surface area contributed by atoms with Crippen molar-refractivity contribution < 1.29 is 21.9 Å². The maximum Gasteiger partial charge on any atom is 0.388 e. The lowest BCUT2D eigenvalue weighted by Gasteiger charge is -2.37. The Hall–Kier alpha value is -1.55. The first-order valence-corrected chi connectivity index (χ1v) is 9.23. The number of anilines is 1. The second-order valence-electron chi connectivity index (χ2n) is 5.69. The zero-order chi connectivity index (χ0) is 16.4. The number of hydrogen-bond donors (Lipinski definition) is 0. The Morgan fingerprint density at radius 3 is 2.43 bits per heavy atom. The minimum absolute atomic E-state index is 0.107. The van der Waals surface area contributed by atoms with E-state index < -0.39 is 16.4 Å². The van der Waals surface area contributed by atoms with Crippen molar-refractivity contribution in [3.05, 3.63) is 12.1 Å². The second-order valence-corrected chi connectivity index (χ2v) is 7.92. The highest BCUT2D eigenvalue weighted by molar-refractivity contribution is 7.91. The molecule has 0 saturated carbocycles. The van der Waals surface area contributed by atoms with Gasteiger partial charge >= 0.3 is 6.61 Å². The van der Waals surface area contributed by atoms with Crippen molar-refractivity contribution in [3.63, 3.8) is 0 Å². The fourth-order valence-corrected chi connectivity index (χ4v) is 4.78. The van der Waals surface area contributed by atoms with Crippen LogP contribution in [0.3, 0.4) is 0 Å². The van der Waals surface area contributed by atoms with Crippen molar-refractivity contribution in [2.24, 2.45) is 0 Å². The molecule has 3 rings (SSSR count). The number of nitrogens with zero attached hydrogens (tertiary/aromatic N) is 4. The number of halogens is 2. The Morgan fingerprint density at radius 2 is 1.91 bits per heavy atom. The number of hydrogen-bond acceptors (Lipinski definition) is 7. The number of sulfone groups is 1. The summed E-state index contributed by atoms with van der Waals surface area (Å²) in [6, 6.07) is 3.07. The van der Waals surface area contributed by atoms with Gasteiger partial charge in [-0.2, -0.15) is 8.78 Å². The molecule has 0 aromatic carbocycles. The van der Waals surface area contributed by atoms with E-state index in [2.05, 4.69) is 19.8 Å². The number of piperazine rings is 1. The van der Waals surface area contributed by atoms with Crippen LogP contribution in [0.25, 0.3) is 0 Å². The molecule has 1 unspecified atom stereocenters. The molecule has 128 valence electrons. The summed E-state index contributed by atoms with van der Waals surface area (Å²) in [6.07, 6.45) is 0.696. The summed E-state index contributed by atoms with van der Waals surface area (Å²) >= 11 is 0. The number of ether oxygens (including phenoxy) is 1. The molecular weight excluding hydrogens is 330 g/mol. The van der Waals surface area contributed by atoms with Crippen LogP contribution >= 0.6 is 0 Å². The number of alkyl halides is 2. The van der Waals surface area contributed by atoms with E-state index in [1.165, 1.54) is 6.07 Å². The van der Waals surface area contributed by atoms with Crippen LogP contribution in [0.5, 0.6) is 5.88 Å². The summed E-state index contributed by atoms with van der Waals surface area (Å²) in [6.45, 7) is -0.0316. The molecule has 0 N–H and O–H groups in total. The number of rotatable bonds is 4. The molecule has 2 aliphatic rings. The summed E-state index contributed by atoms with van der Waals surface area (Å²) in [5, 5.41) is 7.53. The third kappa shape index (κ3) is 4.05. The topological polar surface area (TPSA) is 75.6 Å². The first kappa shape index (κ1) is 16.3. The highest BCUT2D eigenvalue weighted by Crippen LogP contribution is 2.21. The van der Waals surface area contributed by atoms with Crippen molar-refractivity contribution >= 4 is 15.7 Å². The summed E-state index contributed by atoms with van der Waals surface area (Å²) in [4.78, 5) is 4.20. The molecule has 0 aliphatic carbocycles. The molecule has 0 amide bonds. The van der Waals surface area contributed by atoms with E-state index in [9.17, 15) is 17.2 Å². The third-order valence-corrected chi connectivity index (χ3v) is 5.95. The van der Waals surface area contributed by atoms with Crippen LogP contribution in [0.2, 0.25) is 0 Å². The highest BCUT2D eigenvalue weighted by Gasteiger charge is 2.33. The van der Waals surface area contributed by atoms with E-state index in [-0.39, 0.29) is 23.4 Å². The Kier molecular flexibility index (Phi) is 4.62. The fraction of sp³-hybridized carbons (Fsp3) is 0.692. The molecule has 2 aliphatic heterocycles. The average molecular weight is 348 g/mol. The second kappa shape index (κ2) is 6.52. The van der Waals surface area contributed by atoms with Crippen molar-refractivity contribution in [1.82, 2.24) is 15.1 Å². The maximum atomic E-state index is 12.1. The Labute approximate surface area is 133 Å². The van der Waals surface area contributed by atoms with Gasteiger partial charge < -0.3 is 9.64 Å². The summed E-state index contributed by atoms with van der Waals surface area (Å²) in [5.41, 5.74) is 0. The van der Waals surface area contributed by atoms with Crippen LogP contribution in [-0.2, 0) is 9.84 Å². The molecule has 2 fully saturated rings. The first-order valence-electron chi connectivity index (χ1n) is 7.41. The van der Waals surface area contributed by atoms with Gasteiger partial charge in [0.05, 0.1) is 11.5 Å². The van der Waals surface area contributed by atoms with Crippen molar-refractivity contribution in [3.8, 4) is 5.88 Å². The van der Waals surface area contributed by atoms with E-state index in [1.807, 2.05) is 4.90 Å². The van der Waals surface area contributed by atoms with Gasteiger partial charge in [0.2, 0.25) is 5.88 Å². The van der Waals surface area contributed by atoms with E-state index >= 15 is 0 Å². The third-order valence-electron chi connectivity index (χ3n) is 4.20. The Balaban J connectivity index is 1.54. The summed E-state index contributed by atoms with van der Waals surface area (Å²) in [7, 11) is -2.88. The van der Waals surface area contributed by atoms with Crippen LogP contribution < -0.4 is 9.64 Å². The van der Waals surface area contributed by atoms with E-state index in [1.54, 1.807) is 6.07 Å². The van der Waals surface area contributed by atoms with Crippen LogP contribution in [0.4, 0.5) is 14.6 Å². The molecule has 23 heavy (non-hydrogen) atoms. The molecule has 1 atom stereocenters. The Morgan fingerprint density at radius 1 is 1.17 bits per heavy atom. The fourth-order valence-electron chi connectivity index (χ4n) is 3.02. The molecule has 1 aromatic rings. The molecule has 0 bridgehead atoms. The largest absolute Gasteiger partial charge is 0.415 e. The average Bonchev–Trinajstić information content (AvgIpc) is 2.88. The predicted molar refractivity (Wildman–Crippen MR) is 79.5 cm³/mol. The first-order chi connectivity index (χ1) is 10.9. The molecule has 2 saturated heterocycles. The van der Waals surface area contributed by atoms with E-state index in [4.69, 9.17) is 0 Å². The van der Waals surface area contributed by atoms with Gasteiger partial charge in [-0.3, -0.25) is 4.90 Å². The summed E-state index contributed by atoms with van der Waals surface area (Å²) in [5.74, 6) is 0.908. The normalized spacial score (nSPS) is 25.0. The lowest BCUT2D eigenvalue weighted by molar-refractivity contribution is -0.0534. The SMILES string of the molecule is O=S1(=O)CCC(N2CCN(c3ccc(OC(F)F)nn3)CC2)C1. The molecule has 10 heteroatoms. The molecular formula is C13H18F2N4O3S. The summed E-state index contributed by atoms with van der Waals surface area (Å²) < 4.78 is 51.4. The van der Waals surface area contributed by atoms with Gasteiger partial charge in [-0.1, -0.05) is 0 Å². The van der Waals surface area contributed by atoms with Crippen LogP contribution in [0.1, 0.15) is 6.42 Å². The van der Waals surface area contributed by atoms with Crippen LogP contribution in [0, 0.1) is 0 Å². The van der Waals surface area contributed by atoms with Crippen molar-refractivity contribution in [2.75, 3.05) is 42.6 Å². The van der Waals surface area contributed by atoms with E-state index in [0.717, 1.165) is 13.1 Å². The van der Waals surface area contributed by atoms with Crippen molar-refractivity contribution in [1.29, 1.82) is 0 Å². The molecule has 7 nitrogen and oxygen atoms in total. The lowest BCUT2D eigenvalue weighted by Crippen LogP contribution is -2.51.